The molecule has 3 N–H and O–H groups in total. The molecular weight excluding hydrogens is 358 g/mol. The van der Waals surface area contributed by atoms with Gasteiger partial charge in [-0.2, -0.15) is 0 Å². The highest BCUT2D eigenvalue weighted by Gasteiger charge is 2.30. The molecule has 0 saturated carbocycles. The van der Waals surface area contributed by atoms with E-state index in [1.54, 1.807) is 12.4 Å². The molecule has 1 aliphatic heterocycles. The van der Waals surface area contributed by atoms with E-state index in [4.69, 9.17) is 17.3 Å². The number of H-pyrrole nitrogens is 1. The Balaban J connectivity index is 1.76. The maximum atomic E-state index is 12.5. The Hall–Kier alpha value is -1.57. The molecule has 8 heteroatoms. The second-order valence-electron chi connectivity index (χ2n) is 6.71. The average molecular weight is 380 g/mol. The molecule has 0 aliphatic carbocycles. The fourth-order valence-electron chi connectivity index (χ4n) is 2.84. The average Bonchev–Trinajstić information content (AvgIpc) is 2.60. The molecule has 1 saturated heterocycles. The summed E-state index contributed by atoms with van der Waals surface area (Å²) in [6.45, 7) is 6.31. The molecule has 25 heavy (non-hydrogen) atoms. The number of nitrogens with one attached hydrogen (secondary N) is 1. The highest BCUT2D eigenvalue weighted by atomic mass is 35.5. The first-order valence-corrected chi connectivity index (χ1v) is 9.45. The number of aryl methyl sites for hydroxylation is 1. The first-order valence-electron chi connectivity index (χ1n) is 8.25. The molecule has 3 heterocycles. The lowest BCUT2D eigenvalue weighted by atomic mass is 9.80. The number of hydrogen-bond donors (Lipinski definition) is 2. The summed E-state index contributed by atoms with van der Waals surface area (Å²) in [6, 6.07) is 1.82. The van der Waals surface area contributed by atoms with Crippen LogP contribution in [0.15, 0.2) is 33.2 Å². The zero-order chi connectivity index (χ0) is 18.0. The summed E-state index contributed by atoms with van der Waals surface area (Å²) in [7, 11) is 0. The van der Waals surface area contributed by atoms with Crippen LogP contribution in [0.3, 0.4) is 0 Å². The first-order chi connectivity index (χ1) is 11.9. The highest BCUT2D eigenvalue weighted by Crippen LogP contribution is 2.33. The minimum absolute atomic E-state index is 0.162. The van der Waals surface area contributed by atoms with E-state index in [9.17, 15) is 4.79 Å². The number of aromatic amines is 1. The second kappa shape index (κ2) is 7.35. The Morgan fingerprint density at radius 1 is 1.40 bits per heavy atom. The van der Waals surface area contributed by atoms with Crippen molar-refractivity contribution in [3.8, 4) is 0 Å². The van der Waals surface area contributed by atoms with Crippen molar-refractivity contribution in [1.82, 2.24) is 15.0 Å². The minimum atomic E-state index is -0.178. The first kappa shape index (κ1) is 18.2. The van der Waals surface area contributed by atoms with Crippen LogP contribution in [0, 0.1) is 12.3 Å². The van der Waals surface area contributed by atoms with E-state index in [1.165, 1.54) is 11.8 Å². The Kier molecular flexibility index (Phi) is 5.36. The number of nitrogens with zero attached hydrogens (tertiary/aromatic N) is 3. The third-order valence-corrected chi connectivity index (χ3v) is 6.33. The smallest absolute Gasteiger partial charge is 0.291 e. The predicted molar refractivity (Wildman–Crippen MR) is 102 cm³/mol. The van der Waals surface area contributed by atoms with E-state index in [-0.39, 0.29) is 11.0 Å². The van der Waals surface area contributed by atoms with E-state index in [0.717, 1.165) is 36.5 Å². The number of halogens is 1. The van der Waals surface area contributed by atoms with Gasteiger partial charge >= 0.3 is 0 Å². The maximum Gasteiger partial charge on any atom is 0.291 e. The summed E-state index contributed by atoms with van der Waals surface area (Å²) in [5, 5.41) is 1.25. The zero-order valence-electron chi connectivity index (χ0n) is 14.4. The van der Waals surface area contributed by atoms with Crippen molar-refractivity contribution < 1.29 is 0 Å². The Bertz CT molecular complexity index is 817. The van der Waals surface area contributed by atoms with Crippen LogP contribution < -0.4 is 16.2 Å². The van der Waals surface area contributed by atoms with Crippen molar-refractivity contribution in [2.24, 2.45) is 11.1 Å². The van der Waals surface area contributed by atoms with E-state index in [0.29, 0.717) is 22.4 Å². The number of aromatic nitrogens is 3. The van der Waals surface area contributed by atoms with E-state index in [2.05, 4.69) is 21.9 Å². The molecule has 0 unspecified atom stereocenters. The Labute approximate surface area is 156 Å². The molecule has 0 amide bonds. The van der Waals surface area contributed by atoms with Crippen LogP contribution in [0.4, 0.5) is 5.82 Å². The normalized spacial score (nSPS) is 16.9. The summed E-state index contributed by atoms with van der Waals surface area (Å²) in [4.78, 5) is 26.8. The van der Waals surface area contributed by atoms with E-state index in [1.807, 2.05) is 17.9 Å². The predicted octanol–water partition coefficient (Wildman–Crippen LogP) is 2.84. The fourth-order valence-corrected chi connectivity index (χ4v) is 3.92. The van der Waals surface area contributed by atoms with Crippen LogP contribution in [-0.4, -0.2) is 34.6 Å². The number of nitrogens with two attached hydrogens (primary N) is 1. The van der Waals surface area contributed by atoms with Crippen LogP contribution in [0.5, 0.6) is 0 Å². The van der Waals surface area contributed by atoms with Gasteiger partial charge in [-0.25, -0.2) is 4.98 Å². The van der Waals surface area contributed by atoms with Gasteiger partial charge in [0.1, 0.15) is 0 Å². The van der Waals surface area contributed by atoms with Crippen molar-refractivity contribution in [3.05, 3.63) is 39.5 Å². The van der Waals surface area contributed by atoms with Gasteiger partial charge in [-0.1, -0.05) is 30.3 Å². The van der Waals surface area contributed by atoms with Gasteiger partial charge in [0, 0.05) is 24.2 Å². The fraction of sp³-hybridized carbons (Fsp3) is 0.471. The molecule has 2 aromatic heterocycles. The molecule has 6 nitrogen and oxygen atoms in total. The molecule has 1 aliphatic rings. The van der Waals surface area contributed by atoms with Gasteiger partial charge in [0.25, 0.3) is 5.56 Å². The lowest BCUT2D eigenvalue weighted by molar-refractivity contribution is 0.257. The summed E-state index contributed by atoms with van der Waals surface area (Å²) in [5.74, 6) is 0.473. The number of rotatable bonds is 4. The summed E-state index contributed by atoms with van der Waals surface area (Å²) in [5.41, 5.74) is 6.59. The Morgan fingerprint density at radius 2 is 2.12 bits per heavy atom. The number of anilines is 1. The van der Waals surface area contributed by atoms with E-state index >= 15 is 0 Å². The van der Waals surface area contributed by atoms with Crippen molar-refractivity contribution in [2.45, 2.75) is 36.6 Å². The van der Waals surface area contributed by atoms with E-state index < -0.39 is 0 Å². The van der Waals surface area contributed by atoms with Crippen LogP contribution >= 0.6 is 23.4 Å². The van der Waals surface area contributed by atoms with Gasteiger partial charge in [-0.15, -0.1) is 0 Å². The van der Waals surface area contributed by atoms with Gasteiger partial charge in [0.2, 0.25) is 0 Å². The molecule has 0 aromatic carbocycles. The van der Waals surface area contributed by atoms with Crippen molar-refractivity contribution in [3.63, 3.8) is 0 Å². The Morgan fingerprint density at radius 3 is 2.76 bits per heavy atom. The summed E-state index contributed by atoms with van der Waals surface area (Å²) in [6.07, 6.45) is 5.32. The third kappa shape index (κ3) is 3.99. The second-order valence-corrected chi connectivity index (χ2v) is 8.17. The number of pyridine rings is 1. The monoisotopic (exact) mass is 379 g/mol. The lowest BCUT2D eigenvalue weighted by Crippen LogP contribution is -2.44. The van der Waals surface area contributed by atoms with Gasteiger partial charge in [0.05, 0.1) is 21.9 Å². The molecule has 0 spiro atoms. The highest BCUT2D eigenvalue weighted by molar-refractivity contribution is 7.99. The SMILES string of the molecule is Cc1nccc(Sc2cnc(N3CCC(C)(CN)CC3)c(=O)[nH]2)c1Cl. The summed E-state index contributed by atoms with van der Waals surface area (Å²) < 4.78 is 0. The largest absolute Gasteiger partial charge is 0.352 e. The molecule has 2 aromatic rings. The molecule has 0 atom stereocenters. The quantitative estimate of drug-likeness (QED) is 0.849. The molecule has 1 fully saturated rings. The lowest BCUT2D eigenvalue weighted by Gasteiger charge is -2.38. The third-order valence-electron chi connectivity index (χ3n) is 4.75. The van der Waals surface area contributed by atoms with Crippen molar-refractivity contribution in [1.29, 1.82) is 0 Å². The van der Waals surface area contributed by atoms with Gasteiger partial charge in [-0.3, -0.25) is 9.78 Å². The minimum Gasteiger partial charge on any atom is -0.352 e. The molecular formula is C17H22ClN5OS. The standard InChI is InChI=1S/C17H22ClN5OS/c1-11-14(18)12(3-6-20-11)25-13-9-21-15(16(24)22-13)23-7-4-17(2,10-19)5-8-23/h3,6,9H,4-5,7-8,10,19H2,1-2H3,(H,22,24). The van der Waals surface area contributed by atoms with Crippen LogP contribution in [-0.2, 0) is 0 Å². The number of hydrogen-bond acceptors (Lipinski definition) is 6. The maximum absolute atomic E-state index is 12.5. The van der Waals surface area contributed by atoms with Crippen LogP contribution in [0.1, 0.15) is 25.5 Å². The molecule has 134 valence electrons. The van der Waals surface area contributed by atoms with Crippen LogP contribution in [0.2, 0.25) is 5.02 Å². The van der Waals surface area contributed by atoms with Crippen molar-refractivity contribution >= 4 is 29.2 Å². The van der Waals surface area contributed by atoms with Gasteiger partial charge in [-0.05, 0) is 37.8 Å². The van der Waals surface area contributed by atoms with Gasteiger partial charge < -0.3 is 15.6 Å². The topological polar surface area (TPSA) is 87.9 Å². The van der Waals surface area contributed by atoms with Gasteiger partial charge in [0.15, 0.2) is 5.82 Å². The molecule has 0 bridgehead atoms. The van der Waals surface area contributed by atoms with Crippen molar-refractivity contribution in [2.75, 3.05) is 24.5 Å². The number of piperidine rings is 1. The zero-order valence-corrected chi connectivity index (χ0v) is 16.0. The van der Waals surface area contributed by atoms with Crippen LogP contribution in [0.25, 0.3) is 0 Å². The molecule has 0 radical (unpaired) electrons. The molecule has 3 rings (SSSR count). The summed E-state index contributed by atoms with van der Waals surface area (Å²) >= 11 is 7.64.